The maximum atomic E-state index is 13.7. The molecular weight excluding hydrogens is 582 g/mol. The van der Waals surface area contributed by atoms with Gasteiger partial charge in [-0.1, -0.05) is 31.0 Å². The van der Waals surface area contributed by atoms with E-state index in [1.54, 1.807) is 31.3 Å². The Kier molecular flexibility index (Phi) is 9.12. The van der Waals surface area contributed by atoms with E-state index in [9.17, 15) is 23.1 Å². The third-order valence-electron chi connectivity index (χ3n) is 7.70. The summed E-state index contributed by atoms with van der Waals surface area (Å²) in [6.07, 6.45) is 5.54. The summed E-state index contributed by atoms with van der Waals surface area (Å²) < 4.78 is 37.7. The van der Waals surface area contributed by atoms with Crippen LogP contribution in [-0.4, -0.2) is 46.7 Å². The smallest absolute Gasteiger partial charge is 0.356 e. The Balaban J connectivity index is 1.54. The van der Waals surface area contributed by atoms with Crippen molar-refractivity contribution < 1.29 is 27.9 Å². The van der Waals surface area contributed by atoms with Gasteiger partial charge in [0.15, 0.2) is 5.69 Å². The van der Waals surface area contributed by atoms with Gasteiger partial charge in [0, 0.05) is 42.0 Å². The summed E-state index contributed by atoms with van der Waals surface area (Å²) >= 11 is 0. The number of aromatic nitrogens is 3. The molecule has 1 saturated carbocycles. The van der Waals surface area contributed by atoms with Crippen LogP contribution in [0.2, 0.25) is 0 Å². The predicted molar refractivity (Wildman–Crippen MR) is 165 cm³/mol. The van der Waals surface area contributed by atoms with Crippen molar-refractivity contribution in [2.24, 2.45) is 5.92 Å². The number of aryl methyl sites for hydroxylation is 2. The van der Waals surface area contributed by atoms with Crippen molar-refractivity contribution in [1.29, 1.82) is 0 Å². The number of carboxylic acid groups (broad SMARTS) is 1. The molecule has 0 spiro atoms. The third-order valence-corrected chi connectivity index (χ3v) is 9.18. The largest absolute Gasteiger partial charge is 0.476 e. The average molecular weight is 618 g/mol. The standard InChI is InChI=1S/C32H35N5O6S/c1-20-11-12-21(2)26(18-20)37-31(22(3)29(36-37)32(39)40)43-27-14-13-25(35-30(38)23-8-4-5-9-23)19-28(27)44(41,42)34-17-15-24-10-6-7-16-33-24/h6-7,10-14,16,18-19,23,34H,4-5,8-9,15,17H2,1-3H3,(H,35,38)(H,39,40). The minimum atomic E-state index is -4.17. The number of nitrogens with one attached hydrogen (secondary N) is 2. The highest BCUT2D eigenvalue weighted by Crippen LogP contribution is 2.36. The quantitative estimate of drug-likeness (QED) is 0.204. The van der Waals surface area contributed by atoms with Gasteiger partial charge in [0.25, 0.3) is 0 Å². The lowest BCUT2D eigenvalue weighted by molar-refractivity contribution is -0.119. The first-order chi connectivity index (χ1) is 21.0. The predicted octanol–water partition coefficient (Wildman–Crippen LogP) is 5.33. The Morgan fingerprint density at radius 2 is 1.82 bits per heavy atom. The van der Waals surface area contributed by atoms with Crippen LogP contribution in [0.15, 0.2) is 65.7 Å². The second-order valence-electron chi connectivity index (χ2n) is 11.0. The average Bonchev–Trinajstić information content (AvgIpc) is 3.65. The van der Waals surface area contributed by atoms with Gasteiger partial charge in [0.1, 0.15) is 10.6 Å². The van der Waals surface area contributed by atoms with Crippen LogP contribution in [0.4, 0.5) is 5.69 Å². The topological polar surface area (TPSA) is 153 Å². The minimum Gasteiger partial charge on any atom is -0.476 e. The Morgan fingerprint density at radius 1 is 1.05 bits per heavy atom. The second-order valence-corrected chi connectivity index (χ2v) is 12.7. The zero-order valence-electron chi connectivity index (χ0n) is 24.8. The van der Waals surface area contributed by atoms with Gasteiger partial charge >= 0.3 is 5.97 Å². The molecule has 0 radical (unpaired) electrons. The number of nitrogens with zero attached hydrogens (tertiary/aromatic N) is 3. The van der Waals surface area contributed by atoms with Gasteiger partial charge in [-0.2, -0.15) is 9.78 Å². The van der Waals surface area contributed by atoms with Gasteiger partial charge in [-0.25, -0.2) is 17.9 Å². The van der Waals surface area contributed by atoms with E-state index in [-0.39, 0.29) is 46.2 Å². The summed E-state index contributed by atoms with van der Waals surface area (Å²) in [5.41, 5.74) is 3.36. The van der Waals surface area contributed by atoms with E-state index in [1.165, 1.54) is 16.8 Å². The van der Waals surface area contributed by atoms with Crippen molar-refractivity contribution >= 4 is 27.6 Å². The van der Waals surface area contributed by atoms with Crippen LogP contribution < -0.4 is 14.8 Å². The summed E-state index contributed by atoms with van der Waals surface area (Å²) in [7, 11) is -4.17. The molecule has 2 aromatic carbocycles. The summed E-state index contributed by atoms with van der Waals surface area (Å²) in [4.78, 5) is 29.0. The highest BCUT2D eigenvalue weighted by molar-refractivity contribution is 7.89. The van der Waals surface area contributed by atoms with Gasteiger partial charge in [0.2, 0.25) is 21.8 Å². The molecule has 4 aromatic rings. The molecule has 0 saturated heterocycles. The number of rotatable bonds is 11. The lowest BCUT2D eigenvalue weighted by Gasteiger charge is -2.17. The zero-order chi connectivity index (χ0) is 31.4. The molecule has 0 atom stereocenters. The van der Waals surface area contributed by atoms with E-state index in [0.29, 0.717) is 17.8 Å². The monoisotopic (exact) mass is 617 g/mol. The van der Waals surface area contributed by atoms with Gasteiger partial charge in [0.05, 0.1) is 5.69 Å². The summed E-state index contributed by atoms with van der Waals surface area (Å²) in [6.45, 7) is 5.39. The van der Waals surface area contributed by atoms with Gasteiger partial charge in [-0.3, -0.25) is 9.78 Å². The Bertz CT molecular complexity index is 1800. The first kappa shape index (κ1) is 30.9. The molecule has 0 bridgehead atoms. The van der Waals surface area contributed by atoms with Gasteiger partial charge in [-0.05, 0) is 81.1 Å². The molecule has 1 amide bonds. The molecule has 5 rings (SSSR count). The van der Waals surface area contributed by atoms with Crippen molar-refractivity contribution in [2.75, 3.05) is 11.9 Å². The van der Waals surface area contributed by atoms with E-state index < -0.39 is 16.0 Å². The number of ether oxygens (including phenoxy) is 1. The molecule has 230 valence electrons. The van der Waals surface area contributed by atoms with E-state index in [0.717, 1.165) is 42.5 Å². The number of pyridine rings is 1. The number of aromatic carboxylic acids is 1. The fourth-order valence-corrected chi connectivity index (χ4v) is 6.45. The second kappa shape index (κ2) is 13.0. The molecule has 1 aliphatic rings. The van der Waals surface area contributed by atoms with Crippen LogP contribution in [0.5, 0.6) is 11.6 Å². The highest BCUT2D eigenvalue weighted by atomic mass is 32.2. The fraction of sp³-hybridized carbons (Fsp3) is 0.312. The molecule has 12 heteroatoms. The summed E-state index contributed by atoms with van der Waals surface area (Å²) in [5, 5.41) is 17.0. The van der Waals surface area contributed by atoms with Crippen molar-refractivity contribution in [3.63, 3.8) is 0 Å². The molecule has 1 fully saturated rings. The molecule has 2 heterocycles. The number of carboxylic acids is 1. The van der Waals surface area contributed by atoms with Crippen LogP contribution in [0, 0.1) is 26.7 Å². The minimum absolute atomic E-state index is 0.0549. The van der Waals surface area contributed by atoms with Crippen molar-refractivity contribution in [3.8, 4) is 17.3 Å². The first-order valence-corrected chi connectivity index (χ1v) is 15.9. The summed E-state index contributed by atoms with van der Waals surface area (Å²) in [5.74, 6) is -1.51. The van der Waals surface area contributed by atoms with E-state index in [2.05, 4.69) is 20.1 Å². The zero-order valence-corrected chi connectivity index (χ0v) is 25.6. The lowest BCUT2D eigenvalue weighted by Crippen LogP contribution is -2.27. The molecule has 11 nitrogen and oxygen atoms in total. The SMILES string of the molecule is Cc1ccc(C)c(-n2nc(C(=O)O)c(C)c2Oc2ccc(NC(=O)C3CCCC3)cc2S(=O)(=O)NCCc2ccccn2)c1. The van der Waals surface area contributed by atoms with E-state index in [4.69, 9.17) is 4.74 Å². The summed E-state index contributed by atoms with van der Waals surface area (Å²) in [6, 6.07) is 15.5. The van der Waals surface area contributed by atoms with Crippen molar-refractivity contribution in [3.05, 3.63) is 88.9 Å². The van der Waals surface area contributed by atoms with Crippen LogP contribution in [0.1, 0.15) is 58.6 Å². The van der Waals surface area contributed by atoms with Gasteiger partial charge < -0.3 is 15.2 Å². The Labute approximate surface area is 256 Å². The lowest BCUT2D eigenvalue weighted by atomic mass is 10.1. The molecule has 3 N–H and O–H groups in total. The number of benzene rings is 2. The number of anilines is 1. The number of hydrogen-bond donors (Lipinski definition) is 3. The highest BCUT2D eigenvalue weighted by Gasteiger charge is 2.28. The normalized spacial score (nSPS) is 13.6. The van der Waals surface area contributed by atoms with Gasteiger partial charge in [-0.15, -0.1) is 0 Å². The Morgan fingerprint density at radius 3 is 2.52 bits per heavy atom. The number of carbonyl (C=O) groups excluding carboxylic acids is 1. The van der Waals surface area contributed by atoms with Crippen molar-refractivity contribution in [2.45, 2.75) is 57.8 Å². The maximum absolute atomic E-state index is 13.7. The maximum Gasteiger partial charge on any atom is 0.356 e. The van der Waals surface area contributed by atoms with Crippen LogP contribution in [0.3, 0.4) is 0 Å². The van der Waals surface area contributed by atoms with Crippen LogP contribution in [-0.2, 0) is 21.2 Å². The molecule has 0 aliphatic heterocycles. The fourth-order valence-electron chi connectivity index (χ4n) is 5.27. The molecular formula is C32H35N5O6S. The number of amides is 1. The molecule has 2 aromatic heterocycles. The van der Waals surface area contributed by atoms with Crippen LogP contribution >= 0.6 is 0 Å². The van der Waals surface area contributed by atoms with Crippen molar-refractivity contribution in [1.82, 2.24) is 19.5 Å². The first-order valence-electron chi connectivity index (χ1n) is 14.5. The van der Waals surface area contributed by atoms with E-state index >= 15 is 0 Å². The molecule has 1 aliphatic carbocycles. The third kappa shape index (κ3) is 6.81. The number of sulfonamides is 1. The number of hydrogen-bond acceptors (Lipinski definition) is 7. The van der Waals surface area contributed by atoms with E-state index in [1.807, 2.05) is 38.1 Å². The molecule has 44 heavy (non-hydrogen) atoms. The number of carbonyl (C=O) groups is 2. The molecule has 0 unspecified atom stereocenters. The Hall–Kier alpha value is -4.55. The van der Waals surface area contributed by atoms with Crippen LogP contribution in [0.25, 0.3) is 5.69 Å².